The largest absolute Gasteiger partial charge is 0.480 e. The van der Waals surface area contributed by atoms with Gasteiger partial charge in [0.25, 0.3) is 0 Å². The molecule has 0 aromatic carbocycles. The number of carboxylic acid groups (broad SMARTS) is 1. The third-order valence-corrected chi connectivity index (χ3v) is 3.55. The zero-order chi connectivity index (χ0) is 21.0. The number of carbonyl (C=O) groups excluding carboxylic acids is 4. The summed E-state index contributed by atoms with van der Waals surface area (Å²) in [7, 11) is 0. The van der Waals surface area contributed by atoms with Crippen molar-refractivity contribution in [2.75, 3.05) is 13.1 Å². The van der Waals surface area contributed by atoms with Crippen molar-refractivity contribution in [3.05, 3.63) is 0 Å². The minimum atomic E-state index is -1.31. The van der Waals surface area contributed by atoms with Gasteiger partial charge in [0.05, 0.1) is 13.0 Å². The van der Waals surface area contributed by atoms with Crippen LogP contribution in [0.3, 0.4) is 0 Å². The molecule has 0 aliphatic heterocycles. The number of nitrogens with one attached hydrogen (secondary N) is 3. The standard InChI is InChI=1S/C15H28N6O6/c1-8(15(26)27)19-13(24)9(4-2-3-5-16)21-14(25)10(6-11(18)22)20-12(23)7-17/h8-10H,2-7,16-17H2,1H3,(H2,18,22)(H,19,24)(H,20,23)(H,21,25)(H,26,27). The van der Waals surface area contributed by atoms with Gasteiger partial charge in [-0.25, -0.2) is 0 Å². The molecule has 27 heavy (non-hydrogen) atoms. The van der Waals surface area contributed by atoms with Crippen molar-refractivity contribution >= 4 is 29.6 Å². The number of carbonyl (C=O) groups is 5. The Kier molecular flexibility index (Phi) is 11.3. The molecule has 0 aromatic heterocycles. The molecule has 0 aliphatic carbocycles. The van der Waals surface area contributed by atoms with E-state index in [1.165, 1.54) is 6.92 Å². The maximum Gasteiger partial charge on any atom is 0.325 e. The second-order valence-electron chi connectivity index (χ2n) is 5.91. The topological polar surface area (TPSA) is 220 Å². The molecule has 12 nitrogen and oxygen atoms in total. The Morgan fingerprint density at radius 3 is 2.00 bits per heavy atom. The first kappa shape index (κ1) is 24.3. The van der Waals surface area contributed by atoms with Gasteiger partial charge in [0.1, 0.15) is 18.1 Å². The molecule has 3 unspecified atom stereocenters. The van der Waals surface area contributed by atoms with Crippen LogP contribution in [0.25, 0.3) is 0 Å². The second kappa shape index (κ2) is 12.6. The number of primary amides is 1. The van der Waals surface area contributed by atoms with Crippen LogP contribution >= 0.6 is 0 Å². The summed E-state index contributed by atoms with van der Waals surface area (Å²) in [6.45, 7) is 1.25. The highest BCUT2D eigenvalue weighted by atomic mass is 16.4. The van der Waals surface area contributed by atoms with Crippen molar-refractivity contribution in [3.8, 4) is 0 Å². The Bertz CT molecular complexity index is 555. The summed E-state index contributed by atoms with van der Waals surface area (Å²) in [4.78, 5) is 58.2. The average molecular weight is 388 g/mol. The smallest absolute Gasteiger partial charge is 0.325 e. The van der Waals surface area contributed by atoms with Crippen molar-refractivity contribution in [3.63, 3.8) is 0 Å². The number of unbranched alkanes of at least 4 members (excludes halogenated alkanes) is 1. The van der Waals surface area contributed by atoms with Gasteiger partial charge in [-0.2, -0.15) is 0 Å². The van der Waals surface area contributed by atoms with E-state index in [1.807, 2.05) is 0 Å². The Hall–Kier alpha value is -2.73. The monoisotopic (exact) mass is 388 g/mol. The van der Waals surface area contributed by atoms with Gasteiger partial charge in [0.2, 0.25) is 23.6 Å². The van der Waals surface area contributed by atoms with Gasteiger partial charge < -0.3 is 38.3 Å². The zero-order valence-electron chi connectivity index (χ0n) is 15.2. The molecule has 10 N–H and O–H groups in total. The Balaban J connectivity index is 5.18. The Labute approximate surface area is 156 Å². The number of nitrogens with two attached hydrogens (primary N) is 3. The number of carboxylic acids is 1. The lowest BCUT2D eigenvalue weighted by Crippen LogP contribution is -2.56. The van der Waals surface area contributed by atoms with E-state index in [-0.39, 0.29) is 6.42 Å². The normalized spacial score (nSPS) is 13.7. The van der Waals surface area contributed by atoms with Crippen LogP contribution in [0.4, 0.5) is 0 Å². The van der Waals surface area contributed by atoms with Crippen LogP contribution in [-0.4, -0.2) is 65.9 Å². The van der Waals surface area contributed by atoms with Gasteiger partial charge in [0, 0.05) is 0 Å². The predicted octanol–water partition coefficient (Wildman–Crippen LogP) is -3.49. The molecule has 0 radical (unpaired) electrons. The van der Waals surface area contributed by atoms with E-state index in [2.05, 4.69) is 16.0 Å². The molecule has 0 aromatic rings. The zero-order valence-corrected chi connectivity index (χ0v) is 15.2. The van der Waals surface area contributed by atoms with E-state index in [1.54, 1.807) is 0 Å². The SMILES string of the molecule is CC(NC(=O)C(CCCCN)NC(=O)C(CC(N)=O)NC(=O)CN)C(=O)O. The maximum absolute atomic E-state index is 12.4. The summed E-state index contributed by atoms with van der Waals surface area (Å²) in [6, 6.07) is -3.54. The molecule has 3 atom stereocenters. The highest BCUT2D eigenvalue weighted by Gasteiger charge is 2.28. The quantitative estimate of drug-likeness (QED) is 0.156. The van der Waals surface area contributed by atoms with Crippen LogP contribution in [-0.2, 0) is 24.0 Å². The summed E-state index contributed by atoms with van der Waals surface area (Å²) in [5.41, 5.74) is 15.7. The average Bonchev–Trinajstić information content (AvgIpc) is 2.59. The Morgan fingerprint density at radius 2 is 1.52 bits per heavy atom. The van der Waals surface area contributed by atoms with Gasteiger partial charge >= 0.3 is 5.97 Å². The molecule has 0 spiro atoms. The summed E-state index contributed by atoms with van der Waals surface area (Å²) < 4.78 is 0. The van der Waals surface area contributed by atoms with Crippen LogP contribution < -0.4 is 33.2 Å². The Morgan fingerprint density at radius 1 is 0.926 bits per heavy atom. The minimum Gasteiger partial charge on any atom is -0.480 e. The molecule has 4 amide bonds. The second-order valence-corrected chi connectivity index (χ2v) is 5.91. The van der Waals surface area contributed by atoms with Crippen molar-refractivity contribution in [2.45, 2.75) is 50.7 Å². The highest BCUT2D eigenvalue weighted by Crippen LogP contribution is 2.03. The molecule has 0 aliphatic rings. The fourth-order valence-electron chi connectivity index (χ4n) is 2.07. The van der Waals surface area contributed by atoms with Crippen LogP contribution in [0.1, 0.15) is 32.6 Å². The van der Waals surface area contributed by atoms with Gasteiger partial charge in [-0.3, -0.25) is 24.0 Å². The third kappa shape index (κ3) is 10.1. The molecule has 12 heteroatoms. The van der Waals surface area contributed by atoms with E-state index in [0.717, 1.165) is 0 Å². The fraction of sp³-hybridized carbons (Fsp3) is 0.667. The van der Waals surface area contributed by atoms with Gasteiger partial charge in [-0.15, -0.1) is 0 Å². The molecule has 0 bridgehead atoms. The first-order valence-corrected chi connectivity index (χ1v) is 8.43. The van der Waals surface area contributed by atoms with Gasteiger partial charge in [-0.1, -0.05) is 0 Å². The number of hydrogen-bond donors (Lipinski definition) is 7. The van der Waals surface area contributed by atoms with Crippen molar-refractivity contribution in [1.82, 2.24) is 16.0 Å². The lowest BCUT2D eigenvalue weighted by Gasteiger charge is -2.23. The molecule has 154 valence electrons. The lowest BCUT2D eigenvalue weighted by molar-refractivity contribution is -0.142. The molecule has 0 heterocycles. The van der Waals surface area contributed by atoms with Crippen LogP contribution in [0, 0.1) is 0 Å². The summed E-state index contributed by atoms with van der Waals surface area (Å²) in [5.74, 6) is -4.28. The first-order chi connectivity index (χ1) is 12.6. The first-order valence-electron chi connectivity index (χ1n) is 8.43. The van der Waals surface area contributed by atoms with E-state index < -0.39 is 60.7 Å². The minimum absolute atomic E-state index is 0.190. The summed E-state index contributed by atoms with van der Waals surface area (Å²) >= 11 is 0. The summed E-state index contributed by atoms with van der Waals surface area (Å²) in [5, 5.41) is 15.8. The van der Waals surface area contributed by atoms with Crippen molar-refractivity contribution in [2.24, 2.45) is 17.2 Å². The molecule has 0 saturated carbocycles. The lowest BCUT2D eigenvalue weighted by atomic mass is 10.1. The van der Waals surface area contributed by atoms with Crippen molar-refractivity contribution in [1.29, 1.82) is 0 Å². The van der Waals surface area contributed by atoms with Crippen LogP contribution in [0.2, 0.25) is 0 Å². The number of rotatable bonds is 13. The molecule has 0 rings (SSSR count). The van der Waals surface area contributed by atoms with E-state index in [9.17, 15) is 24.0 Å². The van der Waals surface area contributed by atoms with Gasteiger partial charge in [-0.05, 0) is 32.7 Å². The fourth-order valence-corrected chi connectivity index (χ4v) is 2.07. The van der Waals surface area contributed by atoms with Crippen molar-refractivity contribution < 1.29 is 29.1 Å². The number of aliphatic carboxylic acids is 1. The molecular weight excluding hydrogens is 360 g/mol. The van der Waals surface area contributed by atoms with E-state index >= 15 is 0 Å². The predicted molar refractivity (Wildman–Crippen MR) is 94.9 cm³/mol. The summed E-state index contributed by atoms with van der Waals surface area (Å²) in [6.07, 6.45) is 0.782. The van der Waals surface area contributed by atoms with E-state index in [4.69, 9.17) is 22.3 Å². The number of amides is 4. The maximum atomic E-state index is 12.4. The van der Waals surface area contributed by atoms with Gasteiger partial charge in [0.15, 0.2) is 0 Å². The number of hydrogen-bond acceptors (Lipinski definition) is 7. The molecule has 0 saturated heterocycles. The molecule has 0 fully saturated rings. The highest BCUT2D eigenvalue weighted by molar-refractivity contribution is 5.95. The molecular formula is C15H28N6O6. The van der Waals surface area contributed by atoms with E-state index in [0.29, 0.717) is 19.4 Å². The van der Waals surface area contributed by atoms with Crippen LogP contribution in [0.15, 0.2) is 0 Å². The van der Waals surface area contributed by atoms with Crippen LogP contribution in [0.5, 0.6) is 0 Å². The third-order valence-electron chi connectivity index (χ3n) is 3.55.